The molecule has 0 saturated carbocycles. The van der Waals surface area contributed by atoms with Crippen molar-refractivity contribution in [1.29, 1.82) is 0 Å². The minimum Gasteiger partial charge on any atom is -0.497 e. The first-order chi connectivity index (χ1) is 13.3. The monoisotopic (exact) mass is 420 g/mol. The SMILES string of the molecule is COc1ccc(C2(C)NC(=O)N(CC(=O)Nc3nc(C)c(SC)s3)C2=O)cc1. The number of urea groups is 1. The van der Waals surface area contributed by atoms with Crippen molar-refractivity contribution in [2.45, 2.75) is 23.6 Å². The van der Waals surface area contributed by atoms with Crippen LogP contribution in [0.3, 0.4) is 0 Å². The number of imide groups is 1. The van der Waals surface area contributed by atoms with Crippen LogP contribution in [-0.2, 0) is 15.1 Å². The quantitative estimate of drug-likeness (QED) is 0.550. The minimum absolute atomic E-state index is 0.385. The molecule has 3 rings (SSSR count). The van der Waals surface area contributed by atoms with Gasteiger partial charge in [0.1, 0.15) is 17.8 Å². The number of thiazole rings is 1. The van der Waals surface area contributed by atoms with Crippen LogP contribution in [0, 0.1) is 6.92 Å². The zero-order valence-electron chi connectivity index (χ0n) is 15.9. The molecule has 1 unspecified atom stereocenters. The Hall–Kier alpha value is -2.59. The van der Waals surface area contributed by atoms with Crippen molar-refractivity contribution in [2.24, 2.45) is 0 Å². The van der Waals surface area contributed by atoms with E-state index in [1.165, 1.54) is 11.3 Å². The normalized spacial score (nSPS) is 18.9. The van der Waals surface area contributed by atoms with Crippen molar-refractivity contribution in [2.75, 3.05) is 25.2 Å². The highest BCUT2D eigenvalue weighted by atomic mass is 32.2. The van der Waals surface area contributed by atoms with Crippen LogP contribution in [0.5, 0.6) is 5.75 Å². The average molecular weight is 421 g/mol. The molecule has 8 nitrogen and oxygen atoms in total. The van der Waals surface area contributed by atoms with Gasteiger partial charge in [-0.05, 0) is 37.8 Å². The van der Waals surface area contributed by atoms with Crippen LogP contribution in [0.4, 0.5) is 9.93 Å². The first-order valence-corrected chi connectivity index (χ1v) is 10.4. The highest BCUT2D eigenvalue weighted by Gasteiger charge is 2.49. The molecule has 0 radical (unpaired) electrons. The zero-order chi connectivity index (χ0) is 20.5. The summed E-state index contributed by atoms with van der Waals surface area (Å²) >= 11 is 2.90. The average Bonchev–Trinajstić information content (AvgIpc) is 3.13. The molecule has 148 valence electrons. The molecule has 0 bridgehead atoms. The van der Waals surface area contributed by atoms with Crippen molar-refractivity contribution < 1.29 is 19.1 Å². The molecule has 2 heterocycles. The van der Waals surface area contributed by atoms with Crippen molar-refractivity contribution in [3.05, 3.63) is 35.5 Å². The van der Waals surface area contributed by atoms with Gasteiger partial charge in [-0.1, -0.05) is 23.5 Å². The van der Waals surface area contributed by atoms with Crippen molar-refractivity contribution in [3.8, 4) is 5.75 Å². The van der Waals surface area contributed by atoms with Crippen LogP contribution in [0.2, 0.25) is 0 Å². The van der Waals surface area contributed by atoms with Gasteiger partial charge in [0.2, 0.25) is 5.91 Å². The molecule has 28 heavy (non-hydrogen) atoms. The maximum Gasteiger partial charge on any atom is 0.325 e. The maximum absolute atomic E-state index is 12.9. The van der Waals surface area contributed by atoms with Gasteiger partial charge in [-0.25, -0.2) is 9.78 Å². The molecule has 1 aromatic carbocycles. The Morgan fingerprint density at radius 3 is 2.61 bits per heavy atom. The predicted molar refractivity (Wildman–Crippen MR) is 108 cm³/mol. The number of amides is 4. The molecule has 1 atom stereocenters. The van der Waals surface area contributed by atoms with Crippen LogP contribution in [0.1, 0.15) is 18.2 Å². The number of ether oxygens (including phenoxy) is 1. The summed E-state index contributed by atoms with van der Waals surface area (Å²) in [5.41, 5.74) is 0.192. The van der Waals surface area contributed by atoms with Crippen molar-refractivity contribution in [3.63, 3.8) is 0 Å². The van der Waals surface area contributed by atoms with Gasteiger partial charge in [0.05, 0.1) is 17.0 Å². The summed E-state index contributed by atoms with van der Waals surface area (Å²) in [6.45, 7) is 3.08. The molecule has 4 amide bonds. The highest BCUT2D eigenvalue weighted by molar-refractivity contribution is 8.00. The fourth-order valence-electron chi connectivity index (χ4n) is 2.89. The second-order valence-corrected chi connectivity index (χ2v) is 8.39. The molecular formula is C18H20N4O4S2. The van der Waals surface area contributed by atoms with E-state index in [1.54, 1.807) is 50.1 Å². The molecule has 1 aliphatic rings. The lowest BCUT2D eigenvalue weighted by Crippen LogP contribution is -2.42. The molecule has 10 heteroatoms. The van der Waals surface area contributed by atoms with Gasteiger partial charge in [0.25, 0.3) is 5.91 Å². The molecule has 1 aromatic heterocycles. The van der Waals surface area contributed by atoms with E-state index in [0.717, 1.165) is 14.8 Å². The second-order valence-electron chi connectivity index (χ2n) is 6.32. The Morgan fingerprint density at radius 1 is 1.36 bits per heavy atom. The summed E-state index contributed by atoms with van der Waals surface area (Å²) in [4.78, 5) is 42.8. The Morgan fingerprint density at radius 2 is 2.04 bits per heavy atom. The van der Waals surface area contributed by atoms with E-state index in [0.29, 0.717) is 16.4 Å². The smallest absolute Gasteiger partial charge is 0.325 e. The van der Waals surface area contributed by atoms with Crippen LogP contribution < -0.4 is 15.4 Å². The topological polar surface area (TPSA) is 101 Å². The Bertz CT molecular complexity index is 928. The van der Waals surface area contributed by atoms with Gasteiger partial charge in [0.15, 0.2) is 5.13 Å². The molecule has 0 spiro atoms. The summed E-state index contributed by atoms with van der Waals surface area (Å²) in [5, 5.41) is 5.77. The largest absolute Gasteiger partial charge is 0.497 e. The van der Waals surface area contributed by atoms with E-state index in [1.807, 2.05) is 13.2 Å². The van der Waals surface area contributed by atoms with E-state index in [4.69, 9.17) is 4.74 Å². The first-order valence-electron chi connectivity index (χ1n) is 8.38. The van der Waals surface area contributed by atoms with Crippen LogP contribution in [0.15, 0.2) is 28.5 Å². The summed E-state index contributed by atoms with van der Waals surface area (Å²) in [6, 6.07) is 6.23. The third kappa shape index (κ3) is 3.69. The fraction of sp³-hybridized carbons (Fsp3) is 0.333. The summed E-state index contributed by atoms with van der Waals surface area (Å²) in [6.07, 6.45) is 1.93. The predicted octanol–water partition coefficient (Wildman–Crippen LogP) is 2.59. The Labute approximate surface area is 170 Å². The molecule has 2 N–H and O–H groups in total. The lowest BCUT2D eigenvalue weighted by molar-refractivity contribution is -0.133. The number of hydrogen-bond acceptors (Lipinski definition) is 7. The van der Waals surface area contributed by atoms with Crippen molar-refractivity contribution in [1.82, 2.24) is 15.2 Å². The zero-order valence-corrected chi connectivity index (χ0v) is 17.5. The molecule has 2 aromatic rings. The van der Waals surface area contributed by atoms with E-state index in [9.17, 15) is 14.4 Å². The molecule has 1 fully saturated rings. The molecular weight excluding hydrogens is 400 g/mol. The van der Waals surface area contributed by atoms with E-state index in [-0.39, 0.29) is 6.54 Å². The summed E-state index contributed by atoms with van der Waals surface area (Å²) in [7, 11) is 1.55. The number of carbonyl (C=O) groups is 3. The van der Waals surface area contributed by atoms with Gasteiger partial charge in [-0.3, -0.25) is 14.5 Å². The number of hydrogen-bond donors (Lipinski definition) is 2. The van der Waals surface area contributed by atoms with Crippen LogP contribution in [0.25, 0.3) is 0 Å². The summed E-state index contributed by atoms with van der Waals surface area (Å²) < 4.78 is 6.12. The lowest BCUT2D eigenvalue weighted by atomic mass is 9.92. The third-order valence-electron chi connectivity index (χ3n) is 4.43. The van der Waals surface area contributed by atoms with E-state index in [2.05, 4.69) is 15.6 Å². The van der Waals surface area contributed by atoms with Gasteiger partial charge in [-0.15, -0.1) is 11.8 Å². The number of nitrogens with zero attached hydrogens (tertiary/aromatic N) is 2. The number of thioether (sulfide) groups is 1. The molecule has 1 aliphatic heterocycles. The van der Waals surface area contributed by atoms with E-state index >= 15 is 0 Å². The lowest BCUT2D eigenvalue weighted by Gasteiger charge is -2.22. The Kier molecular flexibility index (Phi) is 5.61. The molecule has 1 saturated heterocycles. The number of aryl methyl sites for hydroxylation is 1. The number of carbonyl (C=O) groups excluding carboxylic acids is 3. The Balaban J connectivity index is 1.72. The molecule has 0 aliphatic carbocycles. The minimum atomic E-state index is -1.24. The van der Waals surface area contributed by atoms with Gasteiger partial charge in [0, 0.05) is 0 Å². The van der Waals surface area contributed by atoms with Gasteiger partial charge < -0.3 is 15.4 Å². The fourth-order valence-corrected chi connectivity index (χ4v) is 4.52. The number of rotatable bonds is 6. The van der Waals surface area contributed by atoms with Gasteiger partial charge >= 0.3 is 6.03 Å². The standard InChI is InChI=1S/C18H20N4O4S2/c1-10-14(27-4)28-16(19-10)20-13(23)9-22-15(24)18(2,21-17(22)25)11-5-7-12(26-3)8-6-11/h5-8H,9H2,1-4H3,(H,21,25)(H,19,20,23). The number of nitrogens with one attached hydrogen (secondary N) is 2. The third-order valence-corrected chi connectivity index (χ3v) is 6.71. The van der Waals surface area contributed by atoms with E-state index < -0.39 is 23.4 Å². The first kappa shape index (κ1) is 20.2. The summed E-state index contributed by atoms with van der Waals surface area (Å²) in [5.74, 6) is -0.328. The van der Waals surface area contributed by atoms with Crippen molar-refractivity contribution >= 4 is 46.1 Å². The van der Waals surface area contributed by atoms with Crippen LogP contribution in [-0.4, -0.2) is 47.6 Å². The number of anilines is 1. The van der Waals surface area contributed by atoms with Crippen LogP contribution >= 0.6 is 23.1 Å². The number of aromatic nitrogens is 1. The number of methoxy groups -OCH3 is 1. The number of benzene rings is 1. The van der Waals surface area contributed by atoms with Gasteiger partial charge in [-0.2, -0.15) is 0 Å². The maximum atomic E-state index is 12.9. The highest BCUT2D eigenvalue weighted by Crippen LogP contribution is 2.31. The second kappa shape index (κ2) is 7.80.